The van der Waals surface area contributed by atoms with Gasteiger partial charge < -0.3 is 5.73 Å². The summed E-state index contributed by atoms with van der Waals surface area (Å²) in [5, 5.41) is 0.179. The highest BCUT2D eigenvalue weighted by molar-refractivity contribution is 7.89. The lowest BCUT2D eigenvalue weighted by Crippen LogP contribution is -2.26. The van der Waals surface area contributed by atoms with Crippen molar-refractivity contribution in [1.29, 1.82) is 0 Å². The van der Waals surface area contributed by atoms with Gasteiger partial charge in [0.25, 0.3) is 0 Å². The molecule has 8 heteroatoms. The van der Waals surface area contributed by atoms with Crippen LogP contribution in [0.25, 0.3) is 0 Å². The van der Waals surface area contributed by atoms with Gasteiger partial charge in [0.2, 0.25) is 10.0 Å². The summed E-state index contributed by atoms with van der Waals surface area (Å²) < 4.78 is 37.7. The average molecular weight is 301 g/mol. The number of halogens is 3. The molecule has 0 aromatic heterocycles. The highest BCUT2D eigenvalue weighted by Crippen LogP contribution is 2.30. The standard InChI is InChI=1S/C9H11Cl2FN2O2S/c10-6-4-7(11)9(8(13)5-6)17(15,16)14-3-1-2-12/h4-5,14H,1-3,13H2. The lowest BCUT2D eigenvalue weighted by atomic mass is 10.3. The fourth-order valence-corrected chi connectivity index (χ4v) is 3.27. The van der Waals surface area contributed by atoms with E-state index < -0.39 is 16.7 Å². The summed E-state index contributed by atoms with van der Waals surface area (Å²) >= 11 is 11.4. The van der Waals surface area contributed by atoms with Crippen LogP contribution < -0.4 is 10.5 Å². The Bertz CT molecular complexity index is 485. The molecule has 17 heavy (non-hydrogen) atoms. The van der Waals surface area contributed by atoms with Crippen molar-refractivity contribution in [3.8, 4) is 0 Å². The predicted molar refractivity (Wildman–Crippen MR) is 66.7 cm³/mol. The van der Waals surface area contributed by atoms with Crippen molar-refractivity contribution < 1.29 is 12.8 Å². The Morgan fingerprint density at radius 1 is 1.35 bits per heavy atom. The highest BCUT2D eigenvalue weighted by atomic mass is 35.5. The minimum Gasteiger partial charge on any atom is -0.398 e. The maximum atomic E-state index is 11.9. The fraction of sp³-hybridized carbons (Fsp3) is 0.333. The molecule has 0 saturated carbocycles. The highest BCUT2D eigenvalue weighted by Gasteiger charge is 2.21. The van der Waals surface area contributed by atoms with Gasteiger partial charge in [-0.25, -0.2) is 13.1 Å². The van der Waals surface area contributed by atoms with E-state index in [0.717, 1.165) is 0 Å². The number of hydrogen-bond donors (Lipinski definition) is 2. The molecule has 3 N–H and O–H groups in total. The lowest BCUT2D eigenvalue weighted by molar-refractivity contribution is 0.470. The maximum Gasteiger partial charge on any atom is 0.244 e. The van der Waals surface area contributed by atoms with Crippen molar-refractivity contribution in [2.24, 2.45) is 0 Å². The van der Waals surface area contributed by atoms with Gasteiger partial charge in [-0.05, 0) is 18.6 Å². The number of rotatable bonds is 5. The Morgan fingerprint density at radius 3 is 2.53 bits per heavy atom. The van der Waals surface area contributed by atoms with E-state index in [0.29, 0.717) is 0 Å². The summed E-state index contributed by atoms with van der Waals surface area (Å²) in [5.41, 5.74) is 5.50. The van der Waals surface area contributed by atoms with Gasteiger partial charge >= 0.3 is 0 Å². The van der Waals surface area contributed by atoms with E-state index in [-0.39, 0.29) is 33.6 Å². The zero-order valence-corrected chi connectivity index (χ0v) is 11.0. The molecular formula is C9H11Cl2FN2O2S. The first-order valence-corrected chi connectivity index (χ1v) is 6.92. The van der Waals surface area contributed by atoms with Crippen LogP contribution in [-0.4, -0.2) is 21.6 Å². The minimum atomic E-state index is -3.84. The summed E-state index contributed by atoms with van der Waals surface area (Å²) in [7, 11) is -3.84. The number of anilines is 1. The smallest absolute Gasteiger partial charge is 0.244 e. The number of benzene rings is 1. The molecule has 0 aliphatic carbocycles. The molecule has 1 aromatic carbocycles. The van der Waals surface area contributed by atoms with Crippen LogP contribution in [0.4, 0.5) is 10.1 Å². The van der Waals surface area contributed by atoms with Crippen LogP contribution in [0.2, 0.25) is 10.0 Å². The van der Waals surface area contributed by atoms with Crippen molar-refractivity contribution >= 4 is 38.9 Å². The van der Waals surface area contributed by atoms with Crippen LogP contribution in [0.3, 0.4) is 0 Å². The third-order valence-electron chi connectivity index (χ3n) is 1.91. The number of alkyl halides is 1. The zero-order chi connectivity index (χ0) is 13.1. The molecule has 0 aliphatic rings. The predicted octanol–water partition coefficient (Wildman–Crippen LogP) is 2.21. The van der Waals surface area contributed by atoms with Crippen LogP contribution in [0.1, 0.15) is 6.42 Å². The maximum absolute atomic E-state index is 11.9. The molecule has 0 saturated heterocycles. The van der Waals surface area contributed by atoms with Gasteiger partial charge in [0.15, 0.2) is 0 Å². The summed E-state index contributed by atoms with van der Waals surface area (Å²) in [6.45, 7) is -0.621. The summed E-state index contributed by atoms with van der Waals surface area (Å²) in [4.78, 5) is -0.234. The second-order valence-corrected chi connectivity index (χ2v) is 5.79. The first-order chi connectivity index (χ1) is 7.88. The largest absolute Gasteiger partial charge is 0.398 e. The zero-order valence-electron chi connectivity index (χ0n) is 8.71. The Labute approximate surface area is 109 Å². The molecular weight excluding hydrogens is 290 g/mol. The average Bonchev–Trinajstić information content (AvgIpc) is 2.15. The van der Waals surface area contributed by atoms with Crippen LogP contribution in [0.15, 0.2) is 17.0 Å². The van der Waals surface area contributed by atoms with Crippen LogP contribution in [0, 0.1) is 0 Å². The molecule has 4 nitrogen and oxygen atoms in total. The molecule has 0 unspecified atom stereocenters. The Balaban J connectivity index is 3.07. The van der Waals surface area contributed by atoms with Gasteiger partial charge in [-0.3, -0.25) is 4.39 Å². The third-order valence-corrected chi connectivity index (χ3v) is 4.11. The van der Waals surface area contributed by atoms with Crippen molar-refractivity contribution in [3.63, 3.8) is 0 Å². The van der Waals surface area contributed by atoms with Crippen molar-refractivity contribution in [3.05, 3.63) is 22.2 Å². The van der Waals surface area contributed by atoms with E-state index in [1.807, 2.05) is 0 Å². The van der Waals surface area contributed by atoms with Crippen molar-refractivity contribution in [2.45, 2.75) is 11.3 Å². The van der Waals surface area contributed by atoms with Gasteiger partial charge in [0.1, 0.15) is 4.90 Å². The van der Waals surface area contributed by atoms with E-state index in [9.17, 15) is 12.8 Å². The molecule has 0 fully saturated rings. The number of hydrogen-bond acceptors (Lipinski definition) is 3. The molecule has 0 spiro atoms. The van der Waals surface area contributed by atoms with Crippen LogP contribution in [-0.2, 0) is 10.0 Å². The number of nitrogen functional groups attached to an aromatic ring is 1. The van der Waals surface area contributed by atoms with Gasteiger partial charge in [-0.1, -0.05) is 23.2 Å². The van der Waals surface area contributed by atoms with Crippen molar-refractivity contribution in [2.75, 3.05) is 19.0 Å². The topological polar surface area (TPSA) is 72.2 Å². The first-order valence-electron chi connectivity index (χ1n) is 4.68. The second kappa shape index (κ2) is 5.86. The lowest BCUT2D eigenvalue weighted by Gasteiger charge is -2.10. The van der Waals surface area contributed by atoms with Crippen LogP contribution in [0.5, 0.6) is 0 Å². The normalized spacial score (nSPS) is 11.7. The Hall–Kier alpha value is -0.560. The summed E-state index contributed by atoms with van der Waals surface area (Å²) in [5.74, 6) is 0. The van der Waals surface area contributed by atoms with E-state index in [2.05, 4.69) is 4.72 Å². The van der Waals surface area contributed by atoms with E-state index in [1.54, 1.807) is 0 Å². The van der Waals surface area contributed by atoms with Gasteiger partial charge in [0.05, 0.1) is 17.4 Å². The quantitative estimate of drug-likeness (QED) is 0.647. The SMILES string of the molecule is Nc1cc(Cl)cc(Cl)c1S(=O)(=O)NCCCF. The monoisotopic (exact) mass is 300 g/mol. The Morgan fingerprint density at radius 2 is 2.00 bits per heavy atom. The fourth-order valence-electron chi connectivity index (χ4n) is 1.21. The van der Waals surface area contributed by atoms with E-state index in [4.69, 9.17) is 28.9 Å². The summed E-state index contributed by atoms with van der Waals surface area (Å²) in [6.07, 6.45) is 0.0876. The van der Waals surface area contributed by atoms with E-state index in [1.165, 1.54) is 12.1 Å². The third kappa shape index (κ3) is 3.70. The Kier molecular flexibility index (Phi) is 5.00. The number of nitrogens with one attached hydrogen (secondary N) is 1. The minimum absolute atomic E-state index is 0.0166. The van der Waals surface area contributed by atoms with Gasteiger partial charge in [-0.15, -0.1) is 0 Å². The molecule has 0 atom stereocenters. The molecule has 1 aromatic rings. The molecule has 0 bridgehead atoms. The summed E-state index contributed by atoms with van der Waals surface area (Å²) in [6, 6.07) is 2.57. The van der Waals surface area contributed by atoms with Gasteiger partial charge in [0, 0.05) is 11.6 Å². The second-order valence-electron chi connectivity index (χ2n) is 3.25. The van der Waals surface area contributed by atoms with Crippen LogP contribution >= 0.6 is 23.2 Å². The number of sulfonamides is 1. The molecule has 0 radical (unpaired) electrons. The molecule has 0 amide bonds. The molecule has 96 valence electrons. The molecule has 0 aliphatic heterocycles. The first kappa shape index (κ1) is 14.5. The molecule has 0 heterocycles. The van der Waals surface area contributed by atoms with Crippen molar-refractivity contribution in [1.82, 2.24) is 4.72 Å². The van der Waals surface area contributed by atoms with Gasteiger partial charge in [-0.2, -0.15) is 0 Å². The van der Waals surface area contributed by atoms with E-state index >= 15 is 0 Å². The number of nitrogens with two attached hydrogens (primary N) is 1. The molecule has 1 rings (SSSR count).